The van der Waals surface area contributed by atoms with Gasteiger partial charge in [-0.25, -0.2) is 0 Å². The van der Waals surface area contributed by atoms with Gasteiger partial charge in [0.05, 0.1) is 22.4 Å². The molecule has 0 amide bonds. The van der Waals surface area contributed by atoms with Gasteiger partial charge in [0.1, 0.15) is 5.75 Å². The van der Waals surface area contributed by atoms with Crippen LogP contribution in [0.4, 0.5) is 0 Å². The highest BCUT2D eigenvalue weighted by Crippen LogP contribution is 2.35. The van der Waals surface area contributed by atoms with E-state index in [9.17, 15) is 9.59 Å². The summed E-state index contributed by atoms with van der Waals surface area (Å²) in [7, 11) is 2.87. The maximum atomic E-state index is 12.3. The quantitative estimate of drug-likeness (QED) is 0.398. The Morgan fingerprint density at radius 3 is 2.65 bits per heavy atom. The zero-order valence-corrected chi connectivity index (χ0v) is 15.5. The lowest BCUT2D eigenvalue weighted by atomic mass is 10.0. The predicted molar refractivity (Wildman–Crippen MR) is 92.2 cm³/mol. The summed E-state index contributed by atoms with van der Waals surface area (Å²) < 4.78 is 16.8. The van der Waals surface area contributed by atoms with E-state index in [1.54, 1.807) is 14.0 Å². The molecule has 0 aliphatic carbocycles. The van der Waals surface area contributed by atoms with Crippen LogP contribution in [0.2, 0.25) is 0 Å². The third-order valence-corrected chi connectivity index (χ3v) is 5.03. The van der Waals surface area contributed by atoms with Crippen molar-refractivity contribution in [3.8, 4) is 5.75 Å². The molecule has 7 heteroatoms. The average Bonchev–Trinajstić information content (AvgIpc) is 2.94. The van der Waals surface area contributed by atoms with Gasteiger partial charge in [0.2, 0.25) is 0 Å². The van der Waals surface area contributed by atoms with Crippen LogP contribution in [0, 0.1) is 5.92 Å². The van der Waals surface area contributed by atoms with Gasteiger partial charge >= 0.3 is 5.97 Å². The standard InChI is InChI=1S/C16H17BrO5S/c1-9(16(19)21-3)4-12(18)15-6-10-5-13(22-8-20-2)11(17)7-14(10)23-15/h5-7,9H,4,8H2,1-3H3. The van der Waals surface area contributed by atoms with Crippen LogP contribution in [0.15, 0.2) is 22.7 Å². The Hall–Kier alpha value is -1.44. The molecular formula is C16H17BrO5S. The molecule has 2 rings (SSSR count). The SMILES string of the molecule is COCOc1cc2cc(C(=O)CC(C)C(=O)OC)sc2cc1Br. The molecule has 0 aliphatic rings. The first-order chi connectivity index (χ1) is 11.0. The molecule has 1 heterocycles. The monoisotopic (exact) mass is 400 g/mol. The van der Waals surface area contributed by atoms with Crippen LogP contribution in [-0.4, -0.2) is 32.8 Å². The van der Waals surface area contributed by atoms with Gasteiger partial charge in [-0.2, -0.15) is 0 Å². The van der Waals surface area contributed by atoms with Gasteiger partial charge in [0.25, 0.3) is 0 Å². The van der Waals surface area contributed by atoms with Crippen molar-refractivity contribution in [1.82, 2.24) is 0 Å². The van der Waals surface area contributed by atoms with Crippen molar-refractivity contribution in [3.63, 3.8) is 0 Å². The Bertz CT molecular complexity index is 725. The van der Waals surface area contributed by atoms with E-state index in [0.717, 1.165) is 14.6 Å². The van der Waals surface area contributed by atoms with Crippen LogP contribution in [0.3, 0.4) is 0 Å². The Morgan fingerprint density at radius 1 is 1.26 bits per heavy atom. The van der Waals surface area contributed by atoms with Crippen molar-refractivity contribution in [3.05, 3.63) is 27.5 Å². The molecule has 1 aromatic carbocycles. The van der Waals surface area contributed by atoms with E-state index in [0.29, 0.717) is 10.6 Å². The number of thiophene rings is 1. The zero-order valence-electron chi connectivity index (χ0n) is 13.1. The fraction of sp³-hybridized carbons (Fsp3) is 0.375. The number of ether oxygens (including phenoxy) is 3. The fourth-order valence-corrected chi connectivity index (χ4v) is 3.72. The van der Waals surface area contributed by atoms with E-state index in [1.807, 2.05) is 18.2 Å². The van der Waals surface area contributed by atoms with Crippen molar-refractivity contribution in [2.24, 2.45) is 5.92 Å². The first-order valence-corrected chi connectivity index (χ1v) is 8.53. The van der Waals surface area contributed by atoms with E-state index in [2.05, 4.69) is 20.7 Å². The molecule has 1 unspecified atom stereocenters. The number of benzene rings is 1. The minimum Gasteiger partial charge on any atom is -0.469 e. The highest BCUT2D eigenvalue weighted by molar-refractivity contribution is 9.10. The Balaban J connectivity index is 2.22. The third-order valence-electron chi connectivity index (χ3n) is 3.27. The number of fused-ring (bicyclic) bond motifs is 1. The van der Waals surface area contributed by atoms with Crippen molar-refractivity contribution in [2.75, 3.05) is 21.0 Å². The van der Waals surface area contributed by atoms with E-state index in [1.165, 1.54) is 18.4 Å². The van der Waals surface area contributed by atoms with Gasteiger partial charge in [-0.1, -0.05) is 6.92 Å². The molecular weight excluding hydrogens is 384 g/mol. The van der Waals surface area contributed by atoms with Crippen molar-refractivity contribution in [2.45, 2.75) is 13.3 Å². The number of hydrogen-bond donors (Lipinski definition) is 0. The largest absolute Gasteiger partial charge is 0.469 e. The normalized spacial score (nSPS) is 12.2. The average molecular weight is 401 g/mol. The fourth-order valence-electron chi connectivity index (χ4n) is 2.07. The van der Waals surface area contributed by atoms with Gasteiger partial charge in [-0.15, -0.1) is 11.3 Å². The van der Waals surface area contributed by atoms with Crippen LogP contribution in [0.5, 0.6) is 5.75 Å². The van der Waals surface area contributed by atoms with E-state index >= 15 is 0 Å². The van der Waals surface area contributed by atoms with Gasteiger partial charge in [0, 0.05) is 18.2 Å². The maximum Gasteiger partial charge on any atom is 0.308 e. The maximum absolute atomic E-state index is 12.3. The number of rotatable bonds is 7. The van der Waals surface area contributed by atoms with E-state index in [-0.39, 0.29) is 25.0 Å². The highest BCUT2D eigenvalue weighted by Gasteiger charge is 2.20. The molecule has 1 aromatic heterocycles. The van der Waals surface area contributed by atoms with E-state index < -0.39 is 5.92 Å². The zero-order chi connectivity index (χ0) is 17.0. The molecule has 5 nitrogen and oxygen atoms in total. The van der Waals surface area contributed by atoms with Gasteiger partial charge in [0.15, 0.2) is 12.6 Å². The second-order valence-corrected chi connectivity index (χ2v) is 6.97. The number of hydrogen-bond acceptors (Lipinski definition) is 6. The van der Waals surface area contributed by atoms with Crippen molar-refractivity contribution in [1.29, 1.82) is 0 Å². The van der Waals surface area contributed by atoms with Crippen LogP contribution in [0.1, 0.15) is 23.0 Å². The molecule has 124 valence electrons. The number of ketones is 1. The molecule has 0 radical (unpaired) electrons. The highest BCUT2D eigenvalue weighted by atomic mass is 79.9. The topological polar surface area (TPSA) is 61.8 Å². The Labute approximate surface area is 146 Å². The van der Waals surface area contributed by atoms with Crippen LogP contribution in [-0.2, 0) is 14.3 Å². The number of halogens is 1. The Kier molecular flexibility index (Phi) is 6.15. The lowest BCUT2D eigenvalue weighted by Crippen LogP contribution is -2.16. The lowest BCUT2D eigenvalue weighted by molar-refractivity contribution is -0.144. The molecule has 2 aromatic rings. The second kappa shape index (κ2) is 7.90. The smallest absolute Gasteiger partial charge is 0.308 e. The number of esters is 1. The van der Waals surface area contributed by atoms with Crippen LogP contribution < -0.4 is 4.74 Å². The first kappa shape index (κ1) is 17.9. The molecule has 0 saturated carbocycles. The molecule has 0 fully saturated rings. The summed E-state index contributed by atoms with van der Waals surface area (Å²) in [6.07, 6.45) is 0.133. The van der Waals surface area contributed by atoms with Crippen molar-refractivity contribution >= 4 is 49.1 Å². The van der Waals surface area contributed by atoms with E-state index in [4.69, 9.17) is 9.47 Å². The molecule has 23 heavy (non-hydrogen) atoms. The summed E-state index contributed by atoms with van der Waals surface area (Å²) in [5.41, 5.74) is 0. The number of methoxy groups -OCH3 is 2. The van der Waals surface area contributed by atoms with Crippen LogP contribution in [0.25, 0.3) is 10.1 Å². The minimum absolute atomic E-state index is 0.0698. The lowest BCUT2D eigenvalue weighted by Gasteiger charge is -2.06. The molecule has 0 bridgehead atoms. The summed E-state index contributed by atoms with van der Waals surface area (Å²) in [6.45, 7) is 1.83. The predicted octanol–water partition coefficient (Wildman–Crippen LogP) is 4.03. The minimum atomic E-state index is -0.454. The molecule has 0 N–H and O–H groups in total. The number of carbonyl (C=O) groups is 2. The summed E-state index contributed by atoms with van der Waals surface area (Å²) in [5.74, 6) is -0.249. The summed E-state index contributed by atoms with van der Waals surface area (Å²) in [5, 5.41) is 0.915. The summed E-state index contributed by atoms with van der Waals surface area (Å²) in [4.78, 5) is 24.4. The Morgan fingerprint density at radius 2 is 2.00 bits per heavy atom. The third kappa shape index (κ3) is 4.31. The molecule has 0 spiro atoms. The van der Waals surface area contributed by atoms with Gasteiger partial charge < -0.3 is 14.2 Å². The van der Waals surface area contributed by atoms with Gasteiger partial charge in [-0.3, -0.25) is 9.59 Å². The molecule has 1 atom stereocenters. The summed E-state index contributed by atoms with van der Waals surface area (Å²) in [6, 6.07) is 5.58. The molecule has 0 aliphatic heterocycles. The number of Topliss-reactive ketones (excluding diaryl/α,β-unsaturated/α-hetero) is 1. The van der Waals surface area contributed by atoms with Crippen molar-refractivity contribution < 1.29 is 23.8 Å². The number of carbonyl (C=O) groups excluding carboxylic acids is 2. The molecule has 0 saturated heterocycles. The second-order valence-electron chi connectivity index (χ2n) is 5.03. The summed E-state index contributed by atoms with van der Waals surface area (Å²) >= 11 is 4.84. The van der Waals surface area contributed by atoms with Gasteiger partial charge in [-0.05, 0) is 39.5 Å². The van der Waals surface area contributed by atoms with Crippen LogP contribution >= 0.6 is 27.3 Å². The first-order valence-electron chi connectivity index (χ1n) is 6.92.